The van der Waals surface area contributed by atoms with Crippen LogP contribution < -0.4 is 5.73 Å². The predicted octanol–water partition coefficient (Wildman–Crippen LogP) is 3.58. The number of rotatable bonds is 7. The molecule has 0 saturated carbocycles. The van der Waals surface area contributed by atoms with Crippen LogP contribution in [0.3, 0.4) is 0 Å². The van der Waals surface area contributed by atoms with Crippen molar-refractivity contribution >= 4 is 5.71 Å². The third-order valence-electron chi connectivity index (χ3n) is 2.70. The molecule has 0 saturated heterocycles. The van der Waals surface area contributed by atoms with Crippen LogP contribution in [-0.2, 0) is 11.0 Å². The van der Waals surface area contributed by atoms with Crippen LogP contribution in [0.1, 0.15) is 37.3 Å². The molecule has 0 bridgehead atoms. The fourth-order valence-electron chi connectivity index (χ4n) is 1.61. The van der Waals surface area contributed by atoms with Crippen molar-refractivity contribution in [1.82, 2.24) is 0 Å². The van der Waals surface area contributed by atoms with Crippen molar-refractivity contribution in [3.8, 4) is 0 Å². The highest BCUT2D eigenvalue weighted by Crippen LogP contribution is 2.29. The Morgan fingerprint density at radius 3 is 2.40 bits per heavy atom. The maximum Gasteiger partial charge on any atom is 0.416 e. The Hall–Kier alpha value is -1.56. The monoisotopic (exact) mass is 288 g/mol. The highest BCUT2D eigenvalue weighted by Gasteiger charge is 2.30. The topological polar surface area (TPSA) is 47.6 Å². The van der Waals surface area contributed by atoms with Crippen LogP contribution in [-0.4, -0.2) is 18.9 Å². The molecule has 0 aliphatic heterocycles. The Labute approximate surface area is 116 Å². The summed E-state index contributed by atoms with van der Waals surface area (Å²) < 4.78 is 37.5. The van der Waals surface area contributed by atoms with Crippen LogP contribution in [0.15, 0.2) is 29.4 Å². The lowest BCUT2D eigenvalue weighted by Crippen LogP contribution is -2.09. The summed E-state index contributed by atoms with van der Waals surface area (Å²) in [7, 11) is 0. The smallest absolute Gasteiger partial charge is 0.394 e. The number of benzene rings is 1. The number of alkyl halides is 3. The van der Waals surface area contributed by atoms with Crippen LogP contribution in [0.4, 0.5) is 13.2 Å². The lowest BCUT2D eigenvalue weighted by atomic mass is 10.0. The Balaban J connectivity index is 2.87. The quantitative estimate of drug-likeness (QED) is 0.473. The Morgan fingerprint density at radius 2 is 1.90 bits per heavy atom. The van der Waals surface area contributed by atoms with Gasteiger partial charge in [0.2, 0.25) is 0 Å². The van der Waals surface area contributed by atoms with E-state index in [-0.39, 0.29) is 6.61 Å². The second kappa shape index (κ2) is 7.89. The van der Waals surface area contributed by atoms with Gasteiger partial charge in [0.15, 0.2) is 0 Å². The molecular weight excluding hydrogens is 269 g/mol. The Kier molecular flexibility index (Phi) is 6.51. The standard InChI is InChI=1S/C14H19F3N2O/c1-2-3-4-13(19-20-10-9-18)11-5-7-12(8-6-11)14(15,16)17/h5-8H,2-4,9-10,18H2,1H3/b19-13+. The van der Waals surface area contributed by atoms with Gasteiger partial charge in [-0.25, -0.2) is 0 Å². The number of hydrogen-bond acceptors (Lipinski definition) is 3. The van der Waals surface area contributed by atoms with Crippen molar-refractivity contribution in [2.45, 2.75) is 32.4 Å². The molecule has 0 aromatic heterocycles. The van der Waals surface area contributed by atoms with E-state index in [0.29, 0.717) is 24.2 Å². The molecule has 0 atom stereocenters. The number of hydrogen-bond donors (Lipinski definition) is 1. The number of nitrogens with zero attached hydrogens (tertiary/aromatic N) is 1. The van der Waals surface area contributed by atoms with E-state index in [1.54, 1.807) is 0 Å². The molecule has 1 aromatic rings. The van der Waals surface area contributed by atoms with E-state index < -0.39 is 11.7 Å². The molecule has 0 aliphatic carbocycles. The third-order valence-corrected chi connectivity index (χ3v) is 2.70. The van der Waals surface area contributed by atoms with Gasteiger partial charge in [0.25, 0.3) is 0 Å². The summed E-state index contributed by atoms with van der Waals surface area (Å²) >= 11 is 0. The summed E-state index contributed by atoms with van der Waals surface area (Å²) in [5.41, 5.74) is 5.92. The van der Waals surface area contributed by atoms with Gasteiger partial charge in [0.1, 0.15) is 6.61 Å². The van der Waals surface area contributed by atoms with Crippen LogP contribution >= 0.6 is 0 Å². The van der Waals surface area contributed by atoms with E-state index in [1.165, 1.54) is 12.1 Å². The van der Waals surface area contributed by atoms with E-state index in [1.807, 2.05) is 6.92 Å². The minimum Gasteiger partial charge on any atom is -0.394 e. The summed E-state index contributed by atoms with van der Waals surface area (Å²) in [6, 6.07) is 4.95. The summed E-state index contributed by atoms with van der Waals surface area (Å²) in [5, 5.41) is 3.97. The molecule has 0 unspecified atom stereocenters. The normalized spacial score (nSPS) is 12.6. The first kappa shape index (κ1) is 16.5. The van der Waals surface area contributed by atoms with Gasteiger partial charge in [0, 0.05) is 6.54 Å². The molecule has 6 heteroatoms. The van der Waals surface area contributed by atoms with Crippen molar-refractivity contribution in [2.75, 3.05) is 13.2 Å². The fourth-order valence-corrected chi connectivity index (χ4v) is 1.61. The minimum atomic E-state index is -4.32. The van der Waals surface area contributed by atoms with E-state index in [9.17, 15) is 13.2 Å². The van der Waals surface area contributed by atoms with Crippen molar-refractivity contribution in [3.63, 3.8) is 0 Å². The minimum absolute atomic E-state index is 0.288. The van der Waals surface area contributed by atoms with Gasteiger partial charge in [0.05, 0.1) is 11.3 Å². The number of unbranched alkanes of at least 4 members (excludes halogenated alkanes) is 1. The second-order valence-corrected chi connectivity index (χ2v) is 4.34. The molecule has 0 aliphatic rings. The first-order valence-electron chi connectivity index (χ1n) is 6.55. The zero-order valence-electron chi connectivity index (χ0n) is 11.4. The van der Waals surface area contributed by atoms with Crippen molar-refractivity contribution in [2.24, 2.45) is 10.9 Å². The number of halogens is 3. The van der Waals surface area contributed by atoms with Gasteiger partial charge >= 0.3 is 6.18 Å². The van der Waals surface area contributed by atoms with Gasteiger partial charge < -0.3 is 10.6 Å². The molecule has 2 N–H and O–H groups in total. The van der Waals surface area contributed by atoms with Crippen molar-refractivity contribution in [3.05, 3.63) is 35.4 Å². The molecule has 1 aromatic carbocycles. The van der Waals surface area contributed by atoms with Gasteiger partial charge in [-0.05, 0) is 30.5 Å². The molecule has 0 heterocycles. The van der Waals surface area contributed by atoms with E-state index >= 15 is 0 Å². The Bertz CT molecular complexity index is 427. The largest absolute Gasteiger partial charge is 0.416 e. The molecule has 112 valence electrons. The molecule has 1 rings (SSSR count). The average molecular weight is 288 g/mol. The lowest BCUT2D eigenvalue weighted by molar-refractivity contribution is -0.137. The second-order valence-electron chi connectivity index (χ2n) is 4.34. The van der Waals surface area contributed by atoms with Crippen molar-refractivity contribution < 1.29 is 18.0 Å². The van der Waals surface area contributed by atoms with E-state index in [0.717, 1.165) is 25.0 Å². The summed E-state index contributed by atoms with van der Waals surface area (Å²) in [5.74, 6) is 0. The molecular formula is C14H19F3N2O. The summed E-state index contributed by atoms with van der Waals surface area (Å²) in [6.07, 6.45) is -1.80. The molecule has 0 amide bonds. The lowest BCUT2D eigenvalue weighted by Gasteiger charge is -2.09. The molecule has 0 spiro atoms. The van der Waals surface area contributed by atoms with Gasteiger partial charge in [-0.15, -0.1) is 0 Å². The molecule has 20 heavy (non-hydrogen) atoms. The highest BCUT2D eigenvalue weighted by atomic mass is 19.4. The van der Waals surface area contributed by atoms with Crippen LogP contribution in [0.2, 0.25) is 0 Å². The first-order chi connectivity index (χ1) is 9.49. The first-order valence-corrected chi connectivity index (χ1v) is 6.55. The summed E-state index contributed by atoms with van der Waals surface area (Å²) in [6.45, 7) is 2.67. The SMILES string of the molecule is CCCC/C(=N\OCCN)c1ccc(C(F)(F)F)cc1. The summed E-state index contributed by atoms with van der Waals surface area (Å²) in [4.78, 5) is 5.03. The maximum absolute atomic E-state index is 12.5. The Morgan fingerprint density at radius 1 is 1.25 bits per heavy atom. The van der Waals surface area contributed by atoms with E-state index in [2.05, 4.69) is 5.16 Å². The van der Waals surface area contributed by atoms with E-state index in [4.69, 9.17) is 10.6 Å². The van der Waals surface area contributed by atoms with Crippen LogP contribution in [0.5, 0.6) is 0 Å². The zero-order chi connectivity index (χ0) is 15.0. The zero-order valence-corrected chi connectivity index (χ0v) is 11.4. The number of oxime groups is 1. The maximum atomic E-state index is 12.5. The molecule has 3 nitrogen and oxygen atoms in total. The van der Waals surface area contributed by atoms with Crippen LogP contribution in [0.25, 0.3) is 0 Å². The highest BCUT2D eigenvalue weighted by molar-refractivity contribution is 6.00. The van der Waals surface area contributed by atoms with Gasteiger partial charge in [-0.3, -0.25) is 0 Å². The number of nitrogens with two attached hydrogens (primary N) is 1. The van der Waals surface area contributed by atoms with Crippen LogP contribution in [0, 0.1) is 0 Å². The fraction of sp³-hybridized carbons (Fsp3) is 0.500. The van der Waals surface area contributed by atoms with Gasteiger partial charge in [-0.1, -0.05) is 30.6 Å². The van der Waals surface area contributed by atoms with Crippen molar-refractivity contribution in [1.29, 1.82) is 0 Å². The predicted molar refractivity (Wildman–Crippen MR) is 72.5 cm³/mol. The molecule has 0 fully saturated rings. The average Bonchev–Trinajstić information content (AvgIpc) is 2.42. The van der Waals surface area contributed by atoms with Gasteiger partial charge in [-0.2, -0.15) is 13.2 Å². The third kappa shape index (κ3) is 5.21. The molecule has 0 radical (unpaired) electrons.